The molecule has 0 aromatic heterocycles. The lowest BCUT2D eigenvalue weighted by atomic mass is 10.3. The molecule has 0 saturated carbocycles. The molecule has 0 bridgehead atoms. The molecule has 0 amide bonds. The van der Waals surface area contributed by atoms with Crippen LogP contribution in [-0.2, 0) is 9.53 Å². The predicted molar refractivity (Wildman–Crippen MR) is 66.2 cm³/mol. The predicted octanol–water partition coefficient (Wildman–Crippen LogP) is 0.505. The zero-order valence-corrected chi connectivity index (χ0v) is 10.7. The van der Waals surface area contributed by atoms with Crippen LogP contribution >= 0.6 is 0 Å². The molecule has 5 heteroatoms. The SMILES string of the molecule is CCN(CCCN1CCOCC1)CCC(=O)O. The van der Waals surface area contributed by atoms with Gasteiger partial charge in [-0.2, -0.15) is 0 Å². The van der Waals surface area contributed by atoms with E-state index in [0.717, 1.165) is 52.4 Å². The first kappa shape index (κ1) is 14.4. The van der Waals surface area contributed by atoms with Gasteiger partial charge >= 0.3 is 5.97 Å². The van der Waals surface area contributed by atoms with E-state index in [1.807, 2.05) is 0 Å². The highest BCUT2D eigenvalue weighted by Crippen LogP contribution is 2.00. The molecule has 0 aromatic rings. The monoisotopic (exact) mass is 244 g/mol. The van der Waals surface area contributed by atoms with Crippen molar-refractivity contribution < 1.29 is 14.6 Å². The van der Waals surface area contributed by atoms with E-state index < -0.39 is 5.97 Å². The first-order chi connectivity index (χ1) is 8.22. The maximum absolute atomic E-state index is 10.5. The van der Waals surface area contributed by atoms with Crippen LogP contribution in [-0.4, -0.2) is 73.4 Å². The number of aliphatic carboxylic acids is 1. The van der Waals surface area contributed by atoms with Gasteiger partial charge in [-0.15, -0.1) is 0 Å². The van der Waals surface area contributed by atoms with Gasteiger partial charge in [0.1, 0.15) is 0 Å². The summed E-state index contributed by atoms with van der Waals surface area (Å²) in [7, 11) is 0. The molecule has 0 radical (unpaired) electrons. The molecule has 1 N–H and O–H groups in total. The summed E-state index contributed by atoms with van der Waals surface area (Å²) in [6.07, 6.45) is 1.35. The minimum Gasteiger partial charge on any atom is -0.481 e. The number of carbonyl (C=O) groups is 1. The second-order valence-corrected chi connectivity index (χ2v) is 4.39. The summed E-state index contributed by atoms with van der Waals surface area (Å²) in [6.45, 7) is 9.49. The molecule has 0 spiro atoms. The molecular weight excluding hydrogens is 220 g/mol. The summed E-state index contributed by atoms with van der Waals surface area (Å²) in [5.74, 6) is -0.711. The van der Waals surface area contributed by atoms with Crippen LogP contribution in [0.25, 0.3) is 0 Å². The van der Waals surface area contributed by atoms with Crippen LogP contribution in [0.4, 0.5) is 0 Å². The lowest BCUT2D eigenvalue weighted by Crippen LogP contribution is -2.38. The van der Waals surface area contributed by atoms with Crippen molar-refractivity contribution in [2.75, 3.05) is 52.5 Å². The molecule has 1 heterocycles. The average molecular weight is 244 g/mol. The molecule has 100 valence electrons. The second kappa shape index (κ2) is 8.44. The Morgan fingerprint density at radius 3 is 2.65 bits per heavy atom. The number of nitrogens with zero attached hydrogens (tertiary/aromatic N) is 2. The van der Waals surface area contributed by atoms with Crippen molar-refractivity contribution in [3.05, 3.63) is 0 Å². The smallest absolute Gasteiger partial charge is 0.304 e. The van der Waals surface area contributed by atoms with Crippen LogP contribution in [0.3, 0.4) is 0 Å². The van der Waals surface area contributed by atoms with E-state index in [0.29, 0.717) is 6.54 Å². The molecular formula is C12H24N2O3. The van der Waals surface area contributed by atoms with Gasteiger partial charge in [0.15, 0.2) is 0 Å². The Morgan fingerprint density at radius 2 is 2.06 bits per heavy atom. The number of rotatable bonds is 8. The van der Waals surface area contributed by atoms with Crippen LogP contribution in [0, 0.1) is 0 Å². The first-order valence-corrected chi connectivity index (χ1v) is 6.46. The van der Waals surface area contributed by atoms with Crippen molar-refractivity contribution in [3.63, 3.8) is 0 Å². The number of hydrogen-bond donors (Lipinski definition) is 1. The largest absolute Gasteiger partial charge is 0.481 e. The fourth-order valence-electron chi connectivity index (χ4n) is 2.02. The van der Waals surface area contributed by atoms with Crippen molar-refractivity contribution in [3.8, 4) is 0 Å². The van der Waals surface area contributed by atoms with Crippen molar-refractivity contribution in [1.29, 1.82) is 0 Å². The highest BCUT2D eigenvalue weighted by molar-refractivity contribution is 5.66. The average Bonchev–Trinajstić information content (AvgIpc) is 2.34. The molecule has 0 aromatic carbocycles. The molecule has 0 aliphatic carbocycles. The van der Waals surface area contributed by atoms with Crippen LogP contribution in [0.1, 0.15) is 19.8 Å². The van der Waals surface area contributed by atoms with Gasteiger partial charge in [0.25, 0.3) is 0 Å². The number of morpholine rings is 1. The topological polar surface area (TPSA) is 53.0 Å². The third-order valence-electron chi connectivity index (χ3n) is 3.14. The molecule has 1 aliphatic rings. The summed E-state index contributed by atoms with van der Waals surface area (Å²) in [4.78, 5) is 15.1. The van der Waals surface area contributed by atoms with Crippen LogP contribution < -0.4 is 0 Å². The van der Waals surface area contributed by atoms with Crippen molar-refractivity contribution in [1.82, 2.24) is 9.80 Å². The van der Waals surface area contributed by atoms with E-state index >= 15 is 0 Å². The Kier molecular flexibility index (Phi) is 7.16. The van der Waals surface area contributed by atoms with Crippen LogP contribution in [0.5, 0.6) is 0 Å². The van der Waals surface area contributed by atoms with Crippen molar-refractivity contribution in [2.24, 2.45) is 0 Å². The Bertz CT molecular complexity index is 218. The summed E-state index contributed by atoms with van der Waals surface area (Å²) < 4.78 is 5.30. The highest BCUT2D eigenvalue weighted by atomic mass is 16.5. The van der Waals surface area contributed by atoms with Gasteiger partial charge in [-0.25, -0.2) is 0 Å². The maximum Gasteiger partial charge on any atom is 0.304 e. The molecule has 0 unspecified atom stereocenters. The first-order valence-electron chi connectivity index (χ1n) is 6.46. The zero-order chi connectivity index (χ0) is 12.5. The van der Waals surface area contributed by atoms with Gasteiger partial charge in [0, 0.05) is 19.6 Å². The van der Waals surface area contributed by atoms with Gasteiger partial charge in [0.2, 0.25) is 0 Å². The van der Waals surface area contributed by atoms with E-state index in [1.54, 1.807) is 0 Å². The van der Waals surface area contributed by atoms with E-state index in [1.165, 1.54) is 0 Å². The normalized spacial score (nSPS) is 17.5. The number of carboxylic acid groups (broad SMARTS) is 1. The lowest BCUT2D eigenvalue weighted by molar-refractivity contribution is -0.137. The quantitative estimate of drug-likeness (QED) is 0.674. The van der Waals surface area contributed by atoms with Gasteiger partial charge in [-0.3, -0.25) is 9.69 Å². The molecule has 1 saturated heterocycles. The summed E-state index contributed by atoms with van der Waals surface area (Å²) in [6, 6.07) is 0. The summed E-state index contributed by atoms with van der Waals surface area (Å²) in [5, 5.41) is 8.64. The van der Waals surface area contributed by atoms with Crippen molar-refractivity contribution >= 4 is 5.97 Å². The summed E-state index contributed by atoms with van der Waals surface area (Å²) in [5.41, 5.74) is 0. The second-order valence-electron chi connectivity index (χ2n) is 4.39. The van der Waals surface area contributed by atoms with Crippen molar-refractivity contribution in [2.45, 2.75) is 19.8 Å². The fraction of sp³-hybridized carbons (Fsp3) is 0.917. The number of carboxylic acids is 1. The molecule has 1 rings (SSSR count). The fourth-order valence-corrected chi connectivity index (χ4v) is 2.02. The third-order valence-corrected chi connectivity index (χ3v) is 3.14. The standard InChI is InChI=1S/C12H24N2O3/c1-2-13(7-4-12(15)16)5-3-6-14-8-10-17-11-9-14/h2-11H2,1H3,(H,15,16). The number of hydrogen-bond acceptors (Lipinski definition) is 4. The van der Waals surface area contributed by atoms with Gasteiger partial charge < -0.3 is 14.7 Å². The highest BCUT2D eigenvalue weighted by Gasteiger charge is 2.10. The van der Waals surface area contributed by atoms with Gasteiger partial charge in [0.05, 0.1) is 19.6 Å². The number of ether oxygens (including phenoxy) is 1. The summed E-state index contributed by atoms with van der Waals surface area (Å²) >= 11 is 0. The van der Waals surface area contributed by atoms with E-state index in [4.69, 9.17) is 9.84 Å². The van der Waals surface area contributed by atoms with Gasteiger partial charge in [-0.05, 0) is 26.1 Å². The maximum atomic E-state index is 10.5. The van der Waals surface area contributed by atoms with Crippen LogP contribution in [0.15, 0.2) is 0 Å². The third kappa shape index (κ3) is 6.61. The Labute approximate surface area is 103 Å². The molecule has 1 fully saturated rings. The molecule has 17 heavy (non-hydrogen) atoms. The minimum atomic E-state index is -0.711. The Morgan fingerprint density at radius 1 is 1.35 bits per heavy atom. The lowest BCUT2D eigenvalue weighted by Gasteiger charge is -2.27. The van der Waals surface area contributed by atoms with E-state index in [2.05, 4.69) is 16.7 Å². The minimum absolute atomic E-state index is 0.241. The van der Waals surface area contributed by atoms with Crippen LogP contribution in [0.2, 0.25) is 0 Å². The van der Waals surface area contributed by atoms with E-state index in [-0.39, 0.29) is 6.42 Å². The Balaban J connectivity index is 2.07. The molecule has 0 atom stereocenters. The molecule has 1 aliphatic heterocycles. The zero-order valence-electron chi connectivity index (χ0n) is 10.7. The Hall–Kier alpha value is -0.650. The molecule has 5 nitrogen and oxygen atoms in total. The van der Waals surface area contributed by atoms with Gasteiger partial charge in [-0.1, -0.05) is 6.92 Å². The van der Waals surface area contributed by atoms with E-state index in [9.17, 15) is 4.79 Å².